The van der Waals surface area contributed by atoms with Gasteiger partial charge in [-0.25, -0.2) is 0 Å². The van der Waals surface area contributed by atoms with Crippen molar-refractivity contribution in [1.29, 1.82) is 0 Å². The number of imide groups is 1. The third kappa shape index (κ3) is 4.64. The second-order valence-corrected chi connectivity index (χ2v) is 6.97. The average molecular weight is 408 g/mol. The molecule has 1 N–H and O–H groups in total. The first kappa shape index (κ1) is 21.4. The van der Waals surface area contributed by atoms with Gasteiger partial charge in [0.15, 0.2) is 0 Å². The highest BCUT2D eigenvalue weighted by atomic mass is 16.5. The van der Waals surface area contributed by atoms with Crippen molar-refractivity contribution >= 4 is 23.1 Å². The smallest absolute Gasteiger partial charge is 0.278 e. The Morgan fingerprint density at radius 3 is 2.30 bits per heavy atom. The number of benzene rings is 2. The Hall–Kier alpha value is -3.28. The summed E-state index contributed by atoms with van der Waals surface area (Å²) in [5, 5.41) is 3.17. The molecule has 0 bridgehead atoms. The summed E-state index contributed by atoms with van der Waals surface area (Å²) in [6, 6.07) is 14.6. The zero-order valence-corrected chi connectivity index (χ0v) is 17.7. The van der Waals surface area contributed by atoms with Crippen LogP contribution in [-0.4, -0.2) is 36.5 Å². The molecular weight excluding hydrogens is 380 g/mol. The van der Waals surface area contributed by atoms with Crippen LogP contribution in [0.2, 0.25) is 0 Å². The first-order valence-corrected chi connectivity index (χ1v) is 10.4. The number of rotatable bonds is 10. The van der Waals surface area contributed by atoms with Crippen molar-refractivity contribution in [3.05, 3.63) is 59.8 Å². The van der Waals surface area contributed by atoms with Crippen LogP contribution in [0.3, 0.4) is 0 Å². The highest BCUT2D eigenvalue weighted by molar-refractivity contribution is 6.36. The normalized spacial score (nSPS) is 13.8. The lowest BCUT2D eigenvalue weighted by atomic mass is 10.0. The van der Waals surface area contributed by atoms with Gasteiger partial charge in [-0.3, -0.25) is 14.5 Å². The second-order valence-electron chi connectivity index (χ2n) is 6.97. The average Bonchev–Trinajstić information content (AvgIpc) is 2.98. The molecule has 0 atom stereocenters. The van der Waals surface area contributed by atoms with Gasteiger partial charge < -0.3 is 14.8 Å². The molecule has 0 saturated heterocycles. The number of ether oxygens (including phenoxy) is 2. The van der Waals surface area contributed by atoms with Gasteiger partial charge in [-0.1, -0.05) is 32.0 Å². The fourth-order valence-electron chi connectivity index (χ4n) is 3.30. The van der Waals surface area contributed by atoms with Crippen molar-refractivity contribution in [2.75, 3.05) is 25.1 Å². The Morgan fingerprint density at radius 2 is 1.63 bits per heavy atom. The Balaban J connectivity index is 1.97. The number of nitrogens with zero attached hydrogens (tertiary/aromatic N) is 1. The number of amides is 2. The molecule has 3 rings (SSSR count). The molecule has 0 radical (unpaired) electrons. The Kier molecular flexibility index (Phi) is 7.12. The molecule has 30 heavy (non-hydrogen) atoms. The van der Waals surface area contributed by atoms with Crippen molar-refractivity contribution < 1.29 is 19.1 Å². The molecule has 0 fully saturated rings. The van der Waals surface area contributed by atoms with Crippen LogP contribution >= 0.6 is 0 Å². The number of nitrogens with one attached hydrogen (secondary N) is 1. The topological polar surface area (TPSA) is 67.9 Å². The first-order chi connectivity index (χ1) is 14.6. The Bertz CT molecular complexity index is 934. The predicted molar refractivity (Wildman–Crippen MR) is 117 cm³/mol. The SMILES string of the molecule is CCCOc1cccc(NC2=C(c3ccc(OCC)cc3)C(=O)N(CCC)C2=O)c1. The molecule has 0 aliphatic carbocycles. The Labute approximate surface area is 177 Å². The lowest BCUT2D eigenvalue weighted by molar-refractivity contribution is -0.136. The summed E-state index contributed by atoms with van der Waals surface area (Å²) in [6.07, 6.45) is 1.60. The van der Waals surface area contributed by atoms with Gasteiger partial charge in [-0.2, -0.15) is 0 Å². The van der Waals surface area contributed by atoms with Crippen LogP contribution < -0.4 is 14.8 Å². The summed E-state index contributed by atoms with van der Waals surface area (Å²) < 4.78 is 11.2. The van der Waals surface area contributed by atoms with E-state index in [1.54, 1.807) is 0 Å². The van der Waals surface area contributed by atoms with E-state index in [2.05, 4.69) is 5.32 Å². The maximum absolute atomic E-state index is 13.1. The van der Waals surface area contributed by atoms with Crippen LogP contribution in [0.1, 0.15) is 39.2 Å². The third-order valence-electron chi connectivity index (χ3n) is 4.65. The third-order valence-corrected chi connectivity index (χ3v) is 4.65. The summed E-state index contributed by atoms with van der Waals surface area (Å²) in [7, 11) is 0. The highest BCUT2D eigenvalue weighted by Gasteiger charge is 2.38. The monoisotopic (exact) mass is 408 g/mol. The van der Waals surface area contributed by atoms with Gasteiger partial charge in [-0.05, 0) is 49.6 Å². The number of hydrogen-bond acceptors (Lipinski definition) is 5. The van der Waals surface area contributed by atoms with E-state index in [9.17, 15) is 9.59 Å². The van der Waals surface area contributed by atoms with Crippen LogP contribution in [-0.2, 0) is 9.59 Å². The van der Waals surface area contributed by atoms with E-state index in [1.165, 1.54) is 4.90 Å². The summed E-state index contributed by atoms with van der Waals surface area (Å²) in [5.74, 6) is 0.837. The fourth-order valence-corrected chi connectivity index (χ4v) is 3.30. The van der Waals surface area contributed by atoms with Crippen LogP contribution in [0.25, 0.3) is 5.57 Å². The molecule has 1 heterocycles. The second kappa shape index (κ2) is 9.96. The van der Waals surface area contributed by atoms with Gasteiger partial charge in [0.25, 0.3) is 11.8 Å². The van der Waals surface area contributed by atoms with Crippen molar-refractivity contribution in [3.63, 3.8) is 0 Å². The molecule has 158 valence electrons. The maximum atomic E-state index is 13.1. The summed E-state index contributed by atoms with van der Waals surface area (Å²) in [6.45, 7) is 7.46. The van der Waals surface area contributed by atoms with Crippen molar-refractivity contribution in [2.24, 2.45) is 0 Å². The molecule has 2 aromatic carbocycles. The standard InChI is InChI=1S/C24H28N2O4/c1-4-14-26-23(27)21(17-10-12-19(13-11-17)29-6-3)22(24(26)28)25-18-8-7-9-20(16-18)30-15-5-2/h7-13,16,25H,4-6,14-15H2,1-3H3. The van der Waals surface area contributed by atoms with Gasteiger partial charge in [0, 0.05) is 18.3 Å². The van der Waals surface area contributed by atoms with E-state index in [0.29, 0.717) is 48.8 Å². The van der Waals surface area contributed by atoms with Crippen molar-refractivity contribution in [1.82, 2.24) is 4.90 Å². The number of carbonyl (C=O) groups is 2. The highest BCUT2D eigenvalue weighted by Crippen LogP contribution is 2.32. The molecule has 6 heteroatoms. The predicted octanol–water partition coefficient (Wildman–Crippen LogP) is 4.48. The summed E-state index contributed by atoms with van der Waals surface area (Å²) in [4.78, 5) is 27.4. The molecule has 0 aromatic heterocycles. The van der Waals surface area contributed by atoms with E-state index in [1.807, 2.05) is 69.3 Å². The van der Waals surface area contributed by atoms with Crippen LogP contribution in [0.5, 0.6) is 11.5 Å². The van der Waals surface area contributed by atoms with Gasteiger partial charge in [0.2, 0.25) is 0 Å². The number of anilines is 1. The van der Waals surface area contributed by atoms with E-state index >= 15 is 0 Å². The minimum absolute atomic E-state index is 0.283. The fraction of sp³-hybridized carbons (Fsp3) is 0.333. The van der Waals surface area contributed by atoms with E-state index in [0.717, 1.165) is 12.2 Å². The van der Waals surface area contributed by atoms with E-state index in [4.69, 9.17) is 9.47 Å². The lowest BCUT2D eigenvalue weighted by Crippen LogP contribution is -2.33. The molecule has 0 saturated carbocycles. The van der Waals surface area contributed by atoms with E-state index < -0.39 is 0 Å². The summed E-state index contributed by atoms with van der Waals surface area (Å²) >= 11 is 0. The number of hydrogen-bond donors (Lipinski definition) is 1. The zero-order chi connectivity index (χ0) is 21.5. The van der Waals surface area contributed by atoms with Crippen molar-refractivity contribution in [2.45, 2.75) is 33.6 Å². The molecule has 0 unspecified atom stereocenters. The largest absolute Gasteiger partial charge is 0.494 e. The van der Waals surface area contributed by atoms with Crippen LogP contribution in [0.4, 0.5) is 5.69 Å². The van der Waals surface area contributed by atoms with Crippen molar-refractivity contribution in [3.8, 4) is 11.5 Å². The molecule has 0 spiro atoms. The minimum Gasteiger partial charge on any atom is -0.494 e. The number of carbonyl (C=O) groups excluding carboxylic acids is 2. The maximum Gasteiger partial charge on any atom is 0.278 e. The lowest BCUT2D eigenvalue weighted by Gasteiger charge is -2.14. The minimum atomic E-state index is -0.314. The van der Waals surface area contributed by atoms with Crippen LogP contribution in [0.15, 0.2) is 54.2 Å². The molecular formula is C24H28N2O4. The zero-order valence-electron chi connectivity index (χ0n) is 17.7. The quantitative estimate of drug-likeness (QED) is 0.587. The van der Waals surface area contributed by atoms with Gasteiger partial charge in [0.1, 0.15) is 17.2 Å². The first-order valence-electron chi connectivity index (χ1n) is 10.4. The van der Waals surface area contributed by atoms with Gasteiger partial charge in [-0.15, -0.1) is 0 Å². The van der Waals surface area contributed by atoms with E-state index in [-0.39, 0.29) is 17.5 Å². The van der Waals surface area contributed by atoms with Gasteiger partial charge >= 0.3 is 0 Å². The Morgan fingerprint density at radius 1 is 0.867 bits per heavy atom. The molecule has 1 aliphatic heterocycles. The van der Waals surface area contributed by atoms with Gasteiger partial charge in [0.05, 0.1) is 18.8 Å². The molecule has 1 aliphatic rings. The molecule has 2 amide bonds. The van der Waals surface area contributed by atoms with Crippen LogP contribution in [0, 0.1) is 0 Å². The molecule has 2 aromatic rings. The molecule has 6 nitrogen and oxygen atoms in total. The summed E-state index contributed by atoms with van der Waals surface area (Å²) in [5.41, 5.74) is 2.03.